The topological polar surface area (TPSA) is 102 Å². The van der Waals surface area contributed by atoms with Crippen LogP contribution in [0.25, 0.3) is 22.2 Å². The van der Waals surface area contributed by atoms with Crippen molar-refractivity contribution in [2.75, 3.05) is 12.4 Å². The van der Waals surface area contributed by atoms with Gasteiger partial charge in [-0.05, 0) is 67.6 Å². The molecular weight excluding hydrogens is 476 g/mol. The first-order valence-electron chi connectivity index (χ1n) is 12.1. The molecule has 190 valence electrons. The Hall–Kier alpha value is -5.22. The van der Waals surface area contributed by atoms with Crippen molar-refractivity contribution in [3.8, 4) is 34.6 Å². The van der Waals surface area contributed by atoms with Gasteiger partial charge in [0.15, 0.2) is 0 Å². The van der Waals surface area contributed by atoms with Gasteiger partial charge in [-0.25, -0.2) is 0 Å². The first-order valence-corrected chi connectivity index (χ1v) is 12.1. The monoisotopic (exact) mass is 504 g/mol. The lowest BCUT2D eigenvalue weighted by molar-refractivity contribution is -0.106. The summed E-state index contributed by atoms with van der Waals surface area (Å²) in [6.07, 6.45) is 0.250. The van der Waals surface area contributed by atoms with Gasteiger partial charge in [-0.15, -0.1) is 0 Å². The Labute approximate surface area is 221 Å². The Morgan fingerprint density at radius 1 is 0.895 bits per heavy atom. The molecule has 0 radical (unpaired) electrons. The SMILES string of the molecule is CCn1c(-c2cccc(Nc3ccc(Oc4ccccc4)cc3)c2)c(C#N)c2ccc(OC)cc21.NC=O. The number of fused-ring (bicyclic) bond motifs is 1. The highest BCUT2D eigenvalue weighted by molar-refractivity contribution is 5.95. The molecule has 1 aromatic heterocycles. The number of nitrogens with two attached hydrogens (primary N) is 1. The number of primary amides is 1. The van der Waals surface area contributed by atoms with E-state index in [-0.39, 0.29) is 6.41 Å². The maximum atomic E-state index is 10.0. The zero-order valence-electron chi connectivity index (χ0n) is 21.2. The first-order chi connectivity index (χ1) is 18.6. The van der Waals surface area contributed by atoms with E-state index in [4.69, 9.17) is 14.3 Å². The Morgan fingerprint density at radius 2 is 1.58 bits per heavy atom. The lowest BCUT2D eigenvalue weighted by Crippen LogP contribution is -1.98. The first kappa shape index (κ1) is 25.9. The Kier molecular flexibility index (Phi) is 8.27. The zero-order chi connectivity index (χ0) is 26.9. The largest absolute Gasteiger partial charge is 0.497 e. The van der Waals surface area contributed by atoms with Crippen molar-refractivity contribution < 1.29 is 14.3 Å². The number of carbonyl (C=O) groups is 1. The Morgan fingerprint density at radius 3 is 2.24 bits per heavy atom. The van der Waals surface area contributed by atoms with E-state index in [9.17, 15) is 5.26 Å². The molecule has 0 atom stereocenters. The third-order valence-electron chi connectivity index (χ3n) is 5.96. The number of hydrogen-bond acceptors (Lipinski definition) is 5. The minimum Gasteiger partial charge on any atom is -0.497 e. The van der Waals surface area contributed by atoms with Gasteiger partial charge in [0, 0.05) is 34.9 Å². The molecule has 0 bridgehead atoms. The predicted molar refractivity (Wildman–Crippen MR) is 151 cm³/mol. The number of amides is 1. The van der Waals surface area contributed by atoms with E-state index in [0.717, 1.165) is 57.3 Å². The maximum absolute atomic E-state index is 10.0. The van der Waals surface area contributed by atoms with Crippen LogP contribution in [0.4, 0.5) is 11.4 Å². The van der Waals surface area contributed by atoms with Crippen molar-refractivity contribution in [3.63, 3.8) is 0 Å². The van der Waals surface area contributed by atoms with Crippen molar-refractivity contribution in [1.29, 1.82) is 5.26 Å². The van der Waals surface area contributed by atoms with Crippen molar-refractivity contribution in [2.24, 2.45) is 5.73 Å². The average Bonchev–Trinajstić information content (AvgIpc) is 3.28. The van der Waals surface area contributed by atoms with E-state index < -0.39 is 0 Å². The van der Waals surface area contributed by atoms with Gasteiger partial charge in [0.25, 0.3) is 0 Å². The molecule has 5 rings (SSSR count). The molecule has 0 saturated heterocycles. The molecule has 0 aliphatic carbocycles. The van der Waals surface area contributed by atoms with Gasteiger partial charge in [-0.1, -0.05) is 30.3 Å². The fourth-order valence-electron chi connectivity index (χ4n) is 4.34. The summed E-state index contributed by atoms with van der Waals surface area (Å²) in [5.41, 5.74) is 9.60. The molecule has 0 aliphatic heterocycles. The fraction of sp³-hybridized carbons (Fsp3) is 0.0968. The van der Waals surface area contributed by atoms with Gasteiger partial charge in [0.1, 0.15) is 23.3 Å². The summed E-state index contributed by atoms with van der Waals surface area (Å²) in [6, 6.07) is 34.0. The number of aryl methyl sites for hydroxylation is 1. The summed E-state index contributed by atoms with van der Waals surface area (Å²) >= 11 is 0. The van der Waals surface area contributed by atoms with Crippen LogP contribution in [-0.2, 0) is 11.3 Å². The van der Waals surface area contributed by atoms with Gasteiger partial charge < -0.3 is 25.1 Å². The average molecular weight is 505 g/mol. The standard InChI is InChI=1S/C30H25N3O2.CH3NO/c1-3-33-29-19-26(34-2)16-17-27(29)28(20-31)30(33)21-8-7-9-23(18-21)32-22-12-14-25(15-13-22)35-24-10-5-4-6-11-24;2-1-3/h4-19,32H,3H2,1-2H3;1H,(H2,2,3). The van der Waals surface area contributed by atoms with E-state index in [0.29, 0.717) is 5.56 Å². The lowest BCUT2D eigenvalue weighted by Gasteiger charge is -2.12. The van der Waals surface area contributed by atoms with Crippen molar-refractivity contribution in [2.45, 2.75) is 13.5 Å². The molecule has 7 nitrogen and oxygen atoms in total. The second-order valence-electron chi connectivity index (χ2n) is 8.24. The van der Waals surface area contributed by atoms with Gasteiger partial charge in [0.2, 0.25) is 6.41 Å². The Bertz CT molecular complexity index is 1570. The number of carbonyl (C=O) groups excluding carboxylic acids is 1. The molecule has 0 fully saturated rings. The number of nitrogens with zero attached hydrogens (tertiary/aromatic N) is 2. The third kappa shape index (κ3) is 5.61. The predicted octanol–water partition coefficient (Wildman–Crippen LogP) is 6.85. The summed E-state index contributed by atoms with van der Waals surface area (Å²) in [7, 11) is 1.65. The zero-order valence-corrected chi connectivity index (χ0v) is 21.2. The number of anilines is 2. The highest BCUT2D eigenvalue weighted by atomic mass is 16.5. The van der Waals surface area contributed by atoms with Crippen LogP contribution >= 0.6 is 0 Å². The van der Waals surface area contributed by atoms with Crippen molar-refractivity contribution >= 4 is 28.7 Å². The molecule has 38 heavy (non-hydrogen) atoms. The number of hydrogen-bond donors (Lipinski definition) is 2. The number of nitrogens with one attached hydrogen (secondary N) is 1. The molecule has 0 spiro atoms. The molecule has 0 saturated carbocycles. The van der Waals surface area contributed by atoms with Crippen LogP contribution in [0.3, 0.4) is 0 Å². The summed E-state index contributed by atoms with van der Waals surface area (Å²) in [4.78, 5) is 8.58. The molecule has 4 aromatic carbocycles. The van der Waals surface area contributed by atoms with Crippen LogP contribution in [0.2, 0.25) is 0 Å². The normalized spacial score (nSPS) is 10.1. The van der Waals surface area contributed by atoms with Gasteiger partial charge in [-0.3, -0.25) is 4.79 Å². The second-order valence-corrected chi connectivity index (χ2v) is 8.24. The molecule has 0 unspecified atom stereocenters. The number of para-hydroxylation sites is 1. The smallest absolute Gasteiger partial charge is 0.204 e. The minimum absolute atomic E-state index is 0.250. The quantitative estimate of drug-likeness (QED) is 0.236. The molecule has 3 N–H and O–H groups in total. The third-order valence-corrected chi connectivity index (χ3v) is 5.96. The summed E-state index contributed by atoms with van der Waals surface area (Å²) < 4.78 is 13.5. The van der Waals surface area contributed by atoms with Crippen LogP contribution in [0, 0.1) is 11.3 Å². The van der Waals surface area contributed by atoms with Crippen LogP contribution in [0.5, 0.6) is 17.2 Å². The van der Waals surface area contributed by atoms with Crippen LogP contribution < -0.4 is 20.5 Å². The van der Waals surface area contributed by atoms with E-state index in [1.165, 1.54) is 0 Å². The van der Waals surface area contributed by atoms with Gasteiger partial charge in [0.05, 0.1) is 23.9 Å². The lowest BCUT2D eigenvalue weighted by atomic mass is 10.1. The van der Waals surface area contributed by atoms with Crippen molar-refractivity contribution in [3.05, 3.63) is 103 Å². The highest BCUT2D eigenvalue weighted by Crippen LogP contribution is 2.36. The molecule has 1 heterocycles. The van der Waals surface area contributed by atoms with Crippen LogP contribution in [0.1, 0.15) is 12.5 Å². The van der Waals surface area contributed by atoms with Crippen molar-refractivity contribution in [1.82, 2.24) is 4.57 Å². The van der Waals surface area contributed by atoms with E-state index in [1.54, 1.807) is 7.11 Å². The summed E-state index contributed by atoms with van der Waals surface area (Å²) in [5, 5.41) is 14.4. The van der Waals surface area contributed by atoms with Crippen LogP contribution in [-0.4, -0.2) is 18.1 Å². The number of methoxy groups -OCH3 is 1. The second kappa shape index (κ2) is 12.2. The maximum Gasteiger partial charge on any atom is 0.204 e. The highest BCUT2D eigenvalue weighted by Gasteiger charge is 2.18. The number of aromatic nitrogens is 1. The fourth-order valence-corrected chi connectivity index (χ4v) is 4.34. The molecular formula is C31H28N4O3. The molecule has 5 aromatic rings. The molecule has 7 heteroatoms. The number of benzene rings is 4. The Balaban J connectivity index is 0.00000107. The van der Waals surface area contributed by atoms with E-state index >= 15 is 0 Å². The van der Waals surface area contributed by atoms with Gasteiger partial charge >= 0.3 is 0 Å². The van der Waals surface area contributed by atoms with E-state index in [1.807, 2.05) is 91.0 Å². The number of ether oxygens (including phenoxy) is 2. The van der Waals surface area contributed by atoms with Crippen LogP contribution in [0.15, 0.2) is 97.1 Å². The number of rotatable bonds is 7. The molecule has 1 amide bonds. The van der Waals surface area contributed by atoms with Gasteiger partial charge in [-0.2, -0.15) is 5.26 Å². The summed E-state index contributed by atoms with van der Waals surface area (Å²) in [5.74, 6) is 2.35. The summed E-state index contributed by atoms with van der Waals surface area (Å²) in [6.45, 7) is 2.83. The minimum atomic E-state index is 0.250. The molecule has 0 aliphatic rings. The van der Waals surface area contributed by atoms with E-state index in [2.05, 4.69) is 34.7 Å². The number of nitriles is 1.